The fraction of sp³-hybridized carbons (Fsp3) is 0.556. The van der Waals surface area contributed by atoms with Crippen LogP contribution in [0.25, 0.3) is 0 Å². The lowest BCUT2D eigenvalue weighted by Crippen LogP contribution is -2.60. The molecule has 3 amide bonds. The van der Waals surface area contributed by atoms with Crippen LogP contribution in [0.15, 0.2) is 24.3 Å². The molecule has 0 saturated carbocycles. The van der Waals surface area contributed by atoms with Crippen LogP contribution >= 0.6 is 11.8 Å². The van der Waals surface area contributed by atoms with Crippen LogP contribution in [-0.4, -0.2) is 60.6 Å². The zero-order chi connectivity index (χ0) is 18.4. The summed E-state index contributed by atoms with van der Waals surface area (Å²) in [5, 5.41) is 3.45. The van der Waals surface area contributed by atoms with Crippen LogP contribution in [0.2, 0.25) is 0 Å². The van der Waals surface area contributed by atoms with Crippen LogP contribution in [0.4, 0.5) is 10.5 Å². The highest BCUT2D eigenvalue weighted by Gasteiger charge is 2.34. The predicted octanol–water partition coefficient (Wildman–Crippen LogP) is 2.58. The highest BCUT2D eigenvalue weighted by molar-refractivity contribution is 7.99. The number of ether oxygens (including phenoxy) is 1. The lowest BCUT2D eigenvalue weighted by Gasteiger charge is -2.39. The number of amides is 3. The summed E-state index contributed by atoms with van der Waals surface area (Å²) in [5.41, 5.74) is 0.825. The van der Waals surface area contributed by atoms with Gasteiger partial charge in [0.1, 0.15) is 11.8 Å². The van der Waals surface area contributed by atoms with Gasteiger partial charge in [0.2, 0.25) is 5.91 Å². The molecule has 6 nitrogen and oxygen atoms in total. The molecule has 25 heavy (non-hydrogen) atoms. The second-order valence-electron chi connectivity index (χ2n) is 6.21. The minimum atomic E-state index is -0.478. The zero-order valence-electron chi connectivity index (χ0n) is 15.3. The molecule has 2 rings (SSSR count). The van der Waals surface area contributed by atoms with Crippen LogP contribution in [0, 0.1) is 0 Å². The van der Waals surface area contributed by atoms with Gasteiger partial charge in [0.15, 0.2) is 0 Å². The van der Waals surface area contributed by atoms with Crippen LogP contribution in [0.3, 0.4) is 0 Å². The second-order valence-corrected chi connectivity index (χ2v) is 7.89. The summed E-state index contributed by atoms with van der Waals surface area (Å²) >= 11 is 1.80. The van der Waals surface area contributed by atoms with E-state index < -0.39 is 6.04 Å². The van der Waals surface area contributed by atoms with Gasteiger partial charge in [-0.15, -0.1) is 0 Å². The van der Waals surface area contributed by atoms with E-state index in [2.05, 4.69) is 19.2 Å². The number of rotatable bonds is 6. The third kappa shape index (κ3) is 5.04. The summed E-state index contributed by atoms with van der Waals surface area (Å²) in [7, 11) is 1.61. The van der Waals surface area contributed by atoms with Gasteiger partial charge in [-0.1, -0.05) is 13.8 Å². The fourth-order valence-corrected chi connectivity index (χ4v) is 3.41. The van der Waals surface area contributed by atoms with Gasteiger partial charge in [0, 0.05) is 31.1 Å². The number of nitrogens with one attached hydrogen (secondary N) is 1. The van der Waals surface area contributed by atoms with Crippen LogP contribution in [0.5, 0.6) is 5.75 Å². The molecule has 1 atom stereocenters. The molecule has 1 aliphatic heterocycles. The molecular formula is C18H27N3O3S. The fourth-order valence-electron chi connectivity index (χ4n) is 2.72. The quantitative estimate of drug-likeness (QED) is 0.787. The molecule has 1 aromatic carbocycles. The van der Waals surface area contributed by atoms with E-state index in [1.54, 1.807) is 35.6 Å². The first kappa shape index (κ1) is 19.4. The van der Waals surface area contributed by atoms with E-state index in [1.165, 1.54) is 0 Å². The number of hydrogen-bond donors (Lipinski definition) is 1. The predicted molar refractivity (Wildman–Crippen MR) is 103 cm³/mol. The Labute approximate surface area is 153 Å². The van der Waals surface area contributed by atoms with E-state index in [0.29, 0.717) is 24.9 Å². The number of hydrogen-bond acceptors (Lipinski definition) is 4. The van der Waals surface area contributed by atoms with Crippen LogP contribution < -0.4 is 15.0 Å². The maximum atomic E-state index is 12.7. The van der Waals surface area contributed by atoms with Crippen molar-refractivity contribution in [3.05, 3.63) is 24.3 Å². The molecule has 1 aliphatic rings. The van der Waals surface area contributed by atoms with E-state index in [-0.39, 0.29) is 11.9 Å². The van der Waals surface area contributed by atoms with Gasteiger partial charge in [-0.2, -0.15) is 11.8 Å². The monoisotopic (exact) mass is 365 g/mol. The summed E-state index contributed by atoms with van der Waals surface area (Å²) in [4.78, 5) is 28.4. The van der Waals surface area contributed by atoms with Gasteiger partial charge < -0.3 is 19.9 Å². The number of benzene rings is 1. The Morgan fingerprint density at radius 3 is 2.60 bits per heavy atom. The van der Waals surface area contributed by atoms with Crippen LogP contribution in [-0.2, 0) is 4.79 Å². The number of carbonyl (C=O) groups is 2. The smallest absolute Gasteiger partial charge is 0.318 e. The third-order valence-electron chi connectivity index (χ3n) is 4.13. The summed E-state index contributed by atoms with van der Waals surface area (Å²) < 4.78 is 5.15. The van der Waals surface area contributed by atoms with Crippen molar-refractivity contribution in [1.82, 2.24) is 10.2 Å². The number of anilines is 1. The first-order valence-electron chi connectivity index (χ1n) is 8.55. The molecule has 1 N–H and O–H groups in total. The van der Waals surface area contributed by atoms with E-state index in [4.69, 9.17) is 4.74 Å². The Balaban J connectivity index is 1.92. The van der Waals surface area contributed by atoms with Crippen molar-refractivity contribution < 1.29 is 14.3 Å². The number of methoxy groups -OCH3 is 1. The summed E-state index contributed by atoms with van der Waals surface area (Å²) in [6, 6.07) is 6.75. The number of piperazine rings is 1. The van der Waals surface area contributed by atoms with Crippen molar-refractivity contribution in [2.45, 2.75) is 32.1 Å². The molecule has 1 heterocycles. The molecular weight excluding hydrogens is 338 g/mol. The van der Waals surface area contributed by atoms with Gasteiger partial charge in [0.05, 0.1) is 7.11 Å². The minimum absolute atomic E-state index is 0.0666. The zero-order valence-corrected chi connectivity index (χ0v) is 16.1. The maximum Gasteiger partial charge on any atom is 0.318 e. The topological polar surface area (TPSA) is 61.9 Å². The van der Waals surface area contributed by atoms with Gasteiger partial charge >= 0.3 is 6.03 Å². The molecule has 1 saturated heterocycles. The Bertz CT molecular complexity index is 592. The first-order chi connectivity index (χ1) is 11.9. The molecule has 1 aromatic rings. The molecule has 0 unspecified atom stereocenters. The number of thioether (sulfide) groups is 1. The van der Waals surface area contributed by atoms with E-state index in [1.807, 2.05) is 24.3 Å². The van der Waals surface area contributed by atoms with Crippen molar-refractivity contribution in [3.8, 4) is 5.75 Å². The lowest BCUT2D eigenvalue weighted by atomic mass is 10.1. The Morgan fingerprint density at radius 1 is 1.32 bits per heavy atom. The number of urea groups is 1. The highest BCUT2D eigenvalue weighted by Crippen LogP contribution is 2.23. The maximum absolute atomic E-state index is 12.7. The molecule has 0 spiro atoms. The average Bonchev–Trinajstić information content (AvgIpc) is 2.61. The summed E-state index contributed by atoms with van der Waals surface area (Å²) in [6.45, 7) is 7.66. The van der Waals surface area contributed by atoms with Crippen molar-refractivity contribution in [2.24, 2.45) is 0 Å². The normalized spacial score (nSPS) is 17.8. The van der Waals surface area contributed by atoms with Crippen molar-refractivity contribution >= 4 is 29.4 Å². The lowest BCUT2D eigenvalue weighted by molar-refractivity contribution is -0.124. The highest BCUT2D eigenvalue weighted by atomic mass is 32.2. The van der Waals surface area contributed by atoms with Gasteiger partial charge in [-0.05, 0) is 36.4 Å². The largest absolute Gasteiger partial charge is 0.497 e. The number of nitrogens with zero attached hydrogens (tertiary/aromatic N) is 2. The van der Waals surface area contributed by atoms with Gasteiger partial charge in [-0.3, -0.25) is 4.79 Å². The second kappa shape index (κ2) is 8.99. The molecule has 0 aromatic heterocycles. The number of carbonyl (C=O) groups excluding carboxylic acids is 2. The first-order valence-corrected chi connectivity index (χ1v) is 9.60. The van der Waals surface area contributed by atoms with Crippen molar-refractivity contribution in [2.75, 3.05) is 37.4 Å². The third-order valence-corrected chi connectivity index (χ3v) is 5.24. The molecule has 138 valence electrons. The van der Waals surface area contributed by atoms with E-state index in [9.17, 15) is 9.59 Å². The standard InChI is InChI=1S/C18H27N3O3S/c1-13(2)25-12-9-19-18(23)20-10-11-21(17(22)14(20)3)15-5-7-16(24-4)8-6-15/h5-8,13-14H,9-12H2,1-4H3,(H,19,23)/t14-/m0/s1. The Hall–Kier alpha value is -1.89. The van der Waals surface area contributed by atoms with Crippen molar-refractivity contribution in [1.29, 1.82) is 0 Å². The summed E-state index contributed by atoms with van der Waals surface area (Å²) in [6.07, 6.45) is 0. The molecule has 0 radical (unpaired) electrons. The van der Waals surface area contributed by atoms with Gasteiger partial charge in [0.25, 0.3) is 0 Å². The van der Waals surface area contributed by atoms with Crippen molar-refractivity contribution in [3.63, 3.8) is 0 Å². The van der Waals surface area contributed by atoms with Gasteiger partial charge in [-0.25, -0.2) is 4.79 Å². The average molecular weight is 365 g/mol. The van der Waals surface area contributed by atoms with E-state index in [0.717, 1.165) is 17.2 Å². The SMILES string of the molecule is COc1ccc(N2CCN(C(=O)NCCSC(C)C)[C@@H](C)C2=O)cc1. The minimum Gasteiger partial charge on any atom is -0.497 e. The molecule has 0 aliphatic carbocycles. The molecule has 1 fully saturated rings. The Kier molecular flexibility index (Phi) is 6.99. The van der Waals surface area contributed by atoms with Crippen LogP contribution in [0.1, 0.15) is 20.8 Å². The summed E-state index contributed by atoms with van der Waals surface area (Å²) in [5.74, 6) is 1.56. The van der Waals surface area contributed by atoms with E-state index >= 15 is 0 Å². The molecule has 0 bridgehead atoms. The molecule has 7 heteroatoms. The Morgan fingerprint density at radius 2 is 2.00 bits per heavy atom.